The molecule has 31 heavy (non-hydrogen) atoms. The van der Waals surface area contributed by atoms with Gasteiger partial charge in [0.05, 0.1) is 23.1 Å². The second kappa shape index (κ2) is 7.41. The van der Waals surface area contributed by atoms with Crippen LogP contribution in [0.1, 0.15) is 42.6 Å². The Kier molecular flexibility index (Phi) is 4.68. The zero-order valence-electron chi connectivity index (χ0n) is 17.6. The number of piperidine rings is 1. The third kappa shape index (κ3) is 3.24. The van der Waals surface area contributed by atoms with Crippen LogP contribution in [0.5, 0.6) is 0 Å². The first kappa shape index (κ1) is 19.6. The molecule has 1 aliphatic carbocycles. The molecule has 2 heterocycles. The molecule has 1 saturated heterocycles. The predicted molar refractivity (Wildman–Crippen MR) is 119 cm³/mol. The van der Waals surface area contributed by atoms with Gasteiger partial charge in [0, 0.05) is 36.4 Å². The number of carboxylic acids is 1. The predicted octanol–water partition coefficient (Wildman–Crippen LogP) is 4.41. The molecule has 2 atom stereocenters. The molecule has 2 aliphatic rings. The van der Waals surface area contributed by atoms with Crippen molar-refractivity contribution in [3.8, 4) is 11.3 Å². The number of aliphatic carboxylic acids is 1. The lowest BCUT2D eigenvalue weighted by atomic mass is 9.85. The van der Waals surface area contributed by atoms with E-state index in [1.165, 1.54) is 6.42 Å². The summed E-state index contributed by atoms with van der Waals surface area (Å²) in [5, 5.41) is 17.4. The van der Waals surface area contributed by atoms with E-state index < -0.39 is 5.97 Å². The first-order valence-corrected chi connectivity index (χ1v) is 10.7. The summed E-state index contributed by atoms with van der Waals surface area (Å²) in [6, 6.07) is 9.33. The lowest BCUT2D eigenvalue weighted by Gasteiger charge is -2.37. The van der Waals surface area contributed by atoms with Crippen LogP contribution in [0.15, 0.2) is 34.9 Å². The first-order valence-electron chi connectivity index (χ1n) is 10.7. The molecule has 0 bridgehead atoms. The Labute approximate surface area is 180 Å². The molecule has 0 spiro atoms. The molecule has 0 unspecified atom stereocenters. The van der Waals surface area contributed by atoms with Crippen molar-refractivity contribution >= 4 is 34.0 Å². The number of aromatic nitrogens is 1. The van der Waals surface area contributed by atoms with Crippen molar-refractivity contribution in [3.05, 3.63) is 41.5 Å². The minimum atomic E-state index is -0.886. The van der Waals surface area contributed by atoms with Gasteiger partial charge in [-0.25, -0.2) is 0 Å². The Balaban J connectivity index is 1.71. The Morgan fingerprint density at radius 1 is 1.23 bits per heavy atom. The van der Waals surface area contributed by atoms with E-state index in [1.54, 1.807) is 6.07 Å². The molecule has 1 aromatic heterocycles. The summed E-state index contributed by atoms with van der Waals surface area (Å²) >= 11 is 0. The number of nitrogens with one attached hydrogen (secondary N) is 1. The van der Waals surface area contributed by atoms with Crippen LogP contribution >= 0.6 is 0 Å². The summed E-state index contributed by atoms with van der Waals surface area (Å²) in [7, 11) is 0. The minimum Gasteiger partial charge on any atom is -0.481 e. The number of rotatable bonds is 5. The van der Waals surface area contributed by atoms with Gasteiger partial charge in [-0.05, 0) is 24.3 Å². The van der Waals surface area contributed by atoms with E-state index in [9.17, 15) is 9.59 Å². The lowest BCUT2D eigenvalue weighted by molar-refractivity contribution is -0.136. The number of hydrogen-bond acceptors (Lipinski definition) is 6. The molecule has 0 saturated carbocycles. The standard InChI is InChI=1S/C24H25N3O4/c1-13-9-14(2)12-27(11-13)18-10-17(25-8-7-19(28)29)20-21-22(18)26-31-24(21)16-6-4-3-5-15(16)23(20)30/h3-6,10,13-14,25H,7-9,11-12H2,1-2H3,(H,28,29)/t13-,14-/m0/s1. The van der Waals surface area contributed by atoms with Crippen LogP contribution in [0.2, 0.25) is 0 Å². The molecule has 7 nitrogen and oxygen atoms in total. The fourth-order valence-corrected chi connectivity index (χ4v) is 5.09. The molecule has 1 aliphatic heterocycles. The number of carboxylic acid groups (broad SMARTS) is 1. The van der Waals surface area contributed by atoms with E-state index in [0.717, 1.165) is 24.3 Å². The van der Waals surface area contributed by atoms with Gasteiger partial charge in [-0.3, -0.25) is 9.59 Å². The van der Waals surface area contributed by atoms with Gasteiger partial charge in [-0.15, -0.1) is 0 Å². The van der Waals surface area contributed by atoms with Crippen LogP contribution in [0.25, 0.3) is 22.2 Å². The van der Waals surface area contributed by atoms with Crippen molar-refractivity contribution in [3.63, 3.8) is 0 Å². The number of fused-ring (bicyclic) bond motifs is 2. The summed E-state index contributed by atoms with van der Waals surface area (Å²) in [6.45, 7) is 6.53. The molecule has 0 radical (unpaired) electrons. The highest BCUT2D eigenvalue weighted by Crippen LogP contribution is 2.46. The highest BCUT2D eigenvalue weighted by atomic mass is 16.5. The maximum Gasteiger partial charge on any atom is 0.305 e. The summed E-state index contributed by atoms with van der Waals surface area (Å²) in [6.07, 6.45) is 1.14. The normalized spacial score (nSPS) is 20.1. The third-order valence-corrected chi connectivity index (χ3v) is 6.24. The van der Waals surface area contributed by atoms with Crippen LogP contribution in [0.3, 0.4) is 0 Å². The molecule has 2 N–H and O–H groups in total. The fraction of sp³-hybridized carbons (Fsp3) is 0.375. The highest BCUT2D eigenvalue weighted by molar-refractivity contribution is 6.28. The number of carbonyl (C=O) groups excluding carboxylic acids is 1. The molecule has 3 aromatic rings. The Morgan fingerprint density at radius 2 is 1.94 bits per heavy atom. The zero-order chi connectivity index (χ0) is 21.7. The lowest BCUT2D eigenvalue weighted by Crippen LogP contribution is -2.39. The van der Waals surface area contributed by atoms with E-state index >= 15 is 0 Å². The molecular formula is C24H25N3O4. The molecule has 7 heteroatoms. The van der Waals surface area contributed by atoms with Crippen LogP contribution in [0, 0.1) is 11.8 Å². The van der Waals surface area contributed by atoms with Crippen LogP contribution < -0.4 is 10.2 Å². The summed E-state index contributed by atoms with van der Waals surface area (Å²) in [5.41, 5.74) is 4.09. The van der Waals surface area contributed by atoms with Crippen LogP contribution in [-0.4, -0.2) is 41.7 Å². The first-order chi connectivity index (χ1) is 14.9. The van der Waals surface area contributed by atoms with Gasteiger partial charge >= 0.3 is 5.97 Å². The fourth-order valence-electron chi connectivity index (χ4n) is 5.09. The Morgan fingerprint density at radius 3 is 2.65 bits per heavy atom. The molecular weight excluding hydrogens is 394 g/mol. The highest BCUT2D eigenvalue weighted by Gasteiger charge is 2.34. The molecule has 5 rings (SSSR count). The topological polar surface area (TPSA) is 95.7 Å². The molecule has 0 amide bonds. The van der Waals surface area contributed by atoms with Gasteiger partial charge in [-0.1, -0.05) is 43.3 Å². The second-order valence-corrected chi connectivity index (χ2v) is 8.85. The van der Waals surface area contributed by atoms with Crippen molar-refractivity contribution in [2.45, 2.75) is 26.7 Å². The Hall–Kier alpha value is -3.35. The van der Waals surface area contributed by atoms with Crippen molar-refractivity contribution in [2.24, 2.45) is 11.8 Å². The van der Waals surface area contributed by atoms with E-state index in [2.05, 4.69) is 29.2 Å². The maximum atomic E-state index is 13.5. The van der Waals surface area contributed by atoms with Crippen molar-refractivity contribution in [1.82, 2.24) is 5.16 Å². The minimum absolute atomic E-state index is 0.0358. The van der Waals surface area contributed by atoms with Gasteiger partial charge in [0.15, 0.2) is 11.5 Å². The van der Waals surface area contributed by atoms with Gasteiger partial charge in [0.2, 0.25) is 0 Å². The number of carbonyl (C=O) groups is 2. The maximum absolute atomic E-state index is 13.5. The number of ketones is 1. The van der Waals surface area contributed by atoms with Gasteiger partial charge in [-0.2, -0.15) is 0 Å². The number of anilines is 2. The average molecular weight is 419 g/mol. The van der Waals surface area contributed by atoms with Gasteiger partial charge in [0.25, 0.3) is 0 Å². The molecule has 1 fully saturated rings. The largest absolute Gasteiger partial charge is 0.481 e. The van der Waals surface area contributed by atoms with Gasteiger partial charge in [0.1, 0.15) is 5.52 Å². The monoisotopic (exact) mass is 419 g/mol. The van der Waals surface area contributed by atoms with Crippen molar-refractivity contribution < 1.29 is 19.2 Å². The molecule has 160 valence electrons. The summed E-state index contributed by atoms with van der Waals surface area (Å²) in [4.78, 5) is 26.8. The number of hydrogen-bond donors (Lipinski definition) is 2. The molecule has 2 aromatic carbocycles. The number of benzene rings is 2. The van der Waals surface area contributed by atoms with E-state index in [-0.39, 0.29) is 18.7 Å². The van der Waals surface area contributed by atoms with Gasteiger partial charge < -0.3 is 19.8 Å². The van der Waals surface area contributed by atoms with E-state index in [4.69, 9.17) is 9.63 Å². The second-order valence-electron chi connectivity index (χ2n) is 8.85. The van der Waals surface area contributed by atoms with Crippen LogP contribution in [-0.2, 0) is 4.79 Å². The Bertz CT molecular complexity index is 1190. The van der Waals surface area contributed by atoms with Crippen molar-refractivity contribution in [1.29, 1.82) is 0 Å². The number of nitrogens with zero attached hydrogens (tertiary/aromatic N) is 2. The average Bonchev–Trinajstić information content (AvgIpc) is 3.16. The van der Waals surface area contributed by atoms with E-state index in [1.807, 2.05) is 24.3 Å². The van der Waals surface area contributed by atoms with E-state index in [0.29, 0.717) is 45.3 Å². The zero-order valence-corrected chi connectivity index (χ0v) is 17.6. The van der Waals surface area contributed by atoms with Crippen LogP contribution in [0.4, 0.5) is 11.4 Å². The smallest absolute Gasteiger partial charge is 0.305 e. The van der Waals surface area contributed by atoms with Crippen molar-refractivity contribution in [2.75, 3.05) is 29.9 Å². The summed E-state index contributed by atoms with van der Waals surface area (Å²) in [5.74, 6) is 0.707. The third-order valence-electron chi connectivity index (χ3n) is 6.24. The quantitative estimate of drug-likeness (QED) is 0.495. The SMILES string of the molecule is C[C@H]1C[C@H](C)CN(c2cc(NCCC(=O)O)c3c4c(onc24)-c2ccccc2C3=O)C1. The summed E-state index contributed by atoms with van der Waals surface area (Å²) < 4.78 is 5.80.